The second-order valence-electron chi connectivity index (χ2n) is 5.01. The highest BCUT2D eigenvalue weighted by molar-refractivity contribution is 5.79. The molecule has 0 heterocycles. The molecule has 17 heavy (non-hydrogen) atoms. The predicted octanol–water partition coefficient (Wildman–Crippen LogP) is 2.67. The maximum absolute atomic E-state index is 11.4. The number of carbonyl (C=O) groups is 1. The van der Waals surface area contributed by atoms with Crippen LogP contribution in [0.25, 0.3) is 0 Å². The Morgan fingerprint density at radius 1 is 1.29 bits per heavy atom. The molecule has 2 nitrogen and oxygen atoms in total. The van der Waals surface area contributed by atoms with E-state index in [1.807, 2.05) is 6.07 Å². The lowest BCUT2D eigenvalue weighted by Crippen LogP contribution is -2.37. The smallest absolute Gasteiger partial charge is 0.134 e. The second-order valence-corrected chi connectivity index (χ2v) is 5.01. The first kappa shape index (κ1) is 12.3. The van der Waals surface area contributed by atoms with E-state index in [0.717, 1.165) is 32.2 Å². The second kappa shape index (κ2) is 5.97. The average Bonchev–Trinajstić information content (AvgIpc) is 2.37. The Kier molecular flexibility index (Phi) is 4.32. The molecule has 0 saturated heterocycles. The molecule has 2 rings (SSSR count). The zero-order chi connectivity index (χ0) is 12.1. The molecule has 0 aromatic heterocycles. The first-order valence-corrected chi connectivity index (χ1v) is 6.51. The van der Waals surface area contributed by atoms with Crippen LogP contribution in [0.5, 0.6) is 0 Å². The van der Waals surface area contributed by atoms with Crippen molar-refractivity contribution in [2.75, 3.05) is 13.6 Å². The molecule has 0 radical (unpaired) electrons. The van der Waals surface area contributed by atoms with Crippen LogP contribution in [0.4, 0.5) is 0 Å². The molecule has 0 aliphatic heterocycles. The molecule has 1 atom stereocenters. The molecule has 1 saturated carbocycles. The monoisotopic (exact) mass is 231 g/mol. The van der Waals surface area contributed by atoms with Crippen LogP contribution in [0.1, 0.15) is 31.2 Å². The van der Waals surface area contributed by atoms with Crippen LogP contribution in [0, 0.1) is 0 Å². The number of carbonyl (C=O) groups excluding carboxylic acids is 1. The molecule has 92 valence electrons. The van der Waals surface area contributed by atoms with Crippen LogP contribution in [-0.4, -0.2) is 30.3 Å². The molecule has 1 aromatic carbocycles. The molecule has 1 fully saturated rings. The van der Waals surface area contributed by atoms with Gasteiger partial charge in [0.25, 0.3) is 0 Å². The molecule has 0 spiro atoms. The van der Waals surface area contributed by atoms with E-state index in [9.17, 15) is 4.79 Å². The first-order valence-electron chi connectivity index (χ1n) is 6.51. The molecule has 0 N–H and O–H groups in total. The summed E-state index contributed by atoms with van der Waals surface area (Å²) in [7, 11) is 2.15. The zero-order valence-electron chi connectivity index (χ0n) is 10.6. The number of Topliss-reactive ketones (excluding diaryl/α,β-unsaturated/α-hetero) is 1. The lowest BCUT2D eigenvalue weighted by Gasteiger charge is -2.30. The van der Waals surface area contributed by atoms with Crippen molar-refractivity contribution in [2.45, 2.75) is 38.1 Å². The molecular weight excluding hydrogens is 210 g/mol. The lowest BCUT2D eigenvalue weighted by molar-refractivity contribution is -0.121. The van der Waals surface area contributed by atoms with Gasteiger partial charge in [-0.3, -0.25) is 4.79 Å². The third-order valence-electron chi connectivity index (χ3n) is 3.68. The molecule has 0 amide bonds. The number of hydrogen-bond donors (Lipinski definition) is 0. The molecule has 1 aliphatic carbocycles. The molecule has 1 unspecified atom stereocenters. The third-order valence-corrected chi connectivity index (χ3v) is 3.68. The van der Waals surface area contributed by atoms with E-state index in [1.54, 1.807) is 0 Å². The molecular formula is C15H21NO. The van der Waals surface area contributed by atoms with Crippen molar-refractivity contribution in [2.24, 2.45) is 0 Å². The van der Waals surface area contributed by atoms with Gasteiger partial charge < -0.3 is 4.90 Å². The van der Waals surface area contributed by atoms with Gasteiger partial charge in [0.1, 0.15) is 5.78 Å². The Labute approximate surface area is 104 Å². The van der Waals surface area contributed by atoms with Crippen LogP contribution in [0.3, 0.4) is 0 Å². The van der Waals surface area contributed by atoms with E-state index >= 15 is 0 Å². The van der Waals surface area contributed by atoms with E-state index in [4.69, 9.17) is 0 Å². The molecule has 1 aliphatic rings. The van der Waals surface area contributed by atoms with Crippen LogP contribution >= 0.6 is 0 Å². The van der Waals surface area contributed by atoms with Gasteiger partial charge in [0.2, 0.25) is 0 Å². The summed E-state index contributed by atoms with van der Waals surface area (Å²) in [5.74, 6) is 0.438. The van der Waals surface area contributed by atoms with Crippen molar-refractivity contribution < 1.29 is 4.79 Å². The Morgan fingerprint density at radius 2 is 2.06 bits per heavy atom. The van der Waals surface area contributed by atoms with Crippen molar-refractivity contribution in [3.8, 4) is 0 Å². The van der Waals surface area contributed by atoms with Crippen LogP contribution in [0.15, 0.2) is 30.3 Å². The zero-order valence-corrected chi connectivity index (χ0v) is 10.6. The topological polar surface area (TPSA) is 20.3 Å². The highest BCUT2D eigenvalue weighted by atomic mass is 16.1. The summed E-state index contributed by atoms with van der Waals surface area (Å²) in [6.07, 6.45) is 4.87. The standard InChI is InChI=1S/C15H21NO/c1-16(14-8-5-9-15(17)12-14)11-10-13-6-3-2-4-7-13/h2-4,6-7,14H,5,8-12H2,1H3. The number of benzene rings is 1. The Balaban J connectivity index is 1.80. The van der Waals surface area contributed by atoms with E-state index in [1.165, 1.54) is 12.0 Å². The van der Waals surface area contributed by atoms with E-state index in [-0.39, 0.29) is 0 Å². The van der Waals surface area contributed by atoms with E-state index < -0.39 is 0 Å². The molecule has 1 aromatic rings. The first-order chi connectivity index (χ1) is 8.25. The third kappa shape index (κ3) is 3.67. The largest absolute Gasteiger partial charge is 0.303 e. The highest BCUT2D eigenvalue weighted by Gasteiger charge is 2.22. The van der Waals surface area contributed by atoms with Gasteiger partial charge in [-0.2, -0.15) is 0 Å². The van der Waals surface area contributed by atoms with Gasteiger partial charge in [-0.05, 0) is 31.9 Å². The quantitative estimate of drug-likeness (QED) is 0.794. The summed E-state index contributed by atoms with van der Waals surface area (Å²) in [6, 6.07) is 11.0. The number of ketones is 1. The normalized spacial score (nSPS) is 20.8. The Hall–Kier alpha value is -1.15. The number of rotatable bonds is 4. The summed E-state index contributed by atoms with van der Waals surface area (Å²) in [4.78, 5) is 13.8. The fourth-order valence-corrected chi connectivity index (χ4v) is 2.51. The molecule has 2 heteroatoms. The Bertz CT molecular complexity index is 360. The summed E-state index contributed by atoms with van der Waals surface area (Å²) in [6.45, 7) is 1.04. The van der Waals surface area contributed by atoms with Gasteiger partial charge in [0.05, 0.1) is 0 Å². The summed E-state index contributed by atoms with van der Waals surface area (Å²) < 4.78 is 0. The maximum Gasteiger partial charge on any atom is 0.134 e. The van der Waals surface area contributed by atoms with Crippen molar-refractivity contribution >= 4 is 5.78 Å². The predicted molar refractivity (Wildman–Crippen MR) is 70.0 cm³/mol. The average molecular weight is 231 g/mol. The summed E-state index contributed by atoms with van der Waals surface area (Å²) in [5.41, 5.74) is 1.38. The van der Waals surface area contributed by atoms with Crippen LogP contribution < -0.4 is 0 Å². The van der Waals surface area contributed by atoms with Crippen LogP contribution in [-0.2, 0) is 11.2 Å². The van der Waals surface area contributed by atoms with Crippen molar-refractivity contribution in [1.82, 2.24) is 4.90 Å². The van der Waals surface area contributed by atoms with Crippen molar-refractivity contribution in [3.05, 3.63) is 35.9 Å². The fraction of sp³-hybridized carbons (Fsp3) is 0.533. The SMILES string of the molecule is CN(CCc1ccccc1)C1CCCC(=O)C1. The van der Waals surface area contributed by atoms with Gasteiger partial charge in [-0.1, -0.05) is 30.3 Å². The van der Waals surface area contributed by atoms with Gasteiger partial charge in [0, 0.05) is 25.4 Å². The lowest BCUT2D eigenvalue weighted by atomic mass is 9.93. The van der Waals surface area contributed by atoms with E-state index in [0.29, 0.717) is 11.8 Å². The van der Waals surface area contributed by atoms with E-state index in [2.05, 4.69) is 36.2 Å². The summed E-state index contributed by atoms with van der Waals surface area (Å²) >= 11 is 0. The summed E-state index contributed by atoms with van der Waals surface area (Å²) in [5, 5.41) is 0. The maximum atomic E-state index is 11.4. The minimum absolute atomic E-state index is 0.438. The minimum atomic E-state index is 0.438. The Morgan fingerprint density at radius 3 is 2.76 bits per heavy atom. The van der Waals surface area contributed by atoms with Gasteiger partial charge in [-0.25, -0.2) is 0 Å². The number of hydrogen-bond acceptors (Lipinski definition) is 2. The van der Waals surface area contributed by atoms with Crippen LogP contribution in [0.2, 0.25) is 0 Å². The number of nitrogens with zero attached hydrogens (tertiary/aromatic N) is 1. The number of likely N-dealkylation sites (N-methyl/N-ethyl adjacent to an activating group) is 1. The highest BCUT2D eigenvalue weighted by Crippen LogP contribution is 2.19. The van der Waals surface area contributed by atoms with Gasteiger partial charge >= 0.3 is 0 Å². The van der Waals surface area contributed by atoms with Gasteiger partial charge in [0.15, 0.2) is 0 Å². The minimum Gasteiger partial charge on any atom is -0.303 e. The van der Waals surface area contributed by atoms with Crippen molar-refractivity contribution in [1.29, 1.82) is 0 Å². The fourth-order valence-electron chi connectivity index (χ4n) is 2.51. The molecule has 0 bridgehead atoms. The van der Waals surface area contributed by atoms with Gasteiger partial charge in [-0.15, -0.1) is 0 Å². The van der Waals surface area contributed by atoms with Crippen molar-refractivity contribution in [3.63, 3.8) is 0 Å².